The summed E-state index contributed by atoms with van der Waals surface area (Å²) in [5.74, 6) is 0.865. The average molecular weight is 274 g/mol. The predicted octanol–water partition coefficient (Wildman–Crippen LogP) is 3.52. The van der Waals surface area contributed by atoms with Gasteiger partial charge in [0.25, 0.3) is 0 Å². The molecule has 0 saturated heterocycles. The molecule has 0 bridgehead atoms. The van der Waals surface area contributed by atoms with Crippen LogP contribution in [-0.4, -0.2) is 19.1 Å². The van der Waals surface area contributed by atoms with E-state index in [0.717, 1.165) is 15.7 Å². The van der Waals surface area contributed by atoms with Crippen molar-refractivity contribution >= 4 is 11.8 Å². The molecule has 0 aliphatic carbocycles. The van der Waals surface area contributed by atoms with Crippen molar-refractivity contribution in [2.24, 2.45) is 0 Å². The summed E-state index contributed by atoms with van der Waals surface area (Å²) < 4.78 is 5.25. The first-order valence-corrected chi connectivity index (χ1v) is 7.00. The normalized spacial score (nSPS) is 12.2. The van der Waals surface area contributed by atoms with E-state index in [-0.39, 0.29) is 6.04 Å². The average Bonchev–Trinajstić information content (AvgIpc) is 2.47. The highest BCUT2D eigenvalue weighted by atomic mass is 32.2. The predicted molar refractivity (Wildman–Crippen MR) is 78.8 cm³/mol. The number of hydrogen-bond acceptors (Lipinski definition) is 4. The van der Waals surface area contributed by atoms with Gasteiger partial charge in [-0.2, -0.15) is 0 Å². The van der Waals surface area contributed by atoms with Crippen molar-refractivity contribution in [1.29, 1.82) is 0 Å². The van der Waals surface area contributed by atoms with Crippen LogP contribution in [0.2, 0.25) is 0 Å². The first kappa shape index (κ1) is 13.9. The van der Waals surface area contributed by atoms with Gasteiger partial charge in [0.05, 0.1) is 7.11 Å². The highest BCUT2D eigenvalue weighted by molar-refractivity contribution is 7.99. The number of hydrogen-bond donors (Lipinski definition) is 1. The Hall–Kier alpha value is -1.52. The lowest BCUT2D eigenvalue weighted by atomic mass is 10.1. The maximum atomic E-state index is 5.25. The Morgan fingerprint density at radius 2 is 2.11 bits per heavy atom. The number of pyridine rings is 1. The molecule has 0 amide bonds. The Balaban J connectivity index is 2.27. The van der Waals surface area contributed by atoms with Gasteiger partial charge in [0.15, 0.2) is 0 Å². The first-order chi connectivity index (χ1) is 9.24. The zero-order chi connectivity index (χ0) is 13.7. The summed E-state index contributed by atoms with van der Waals surface area (Å²) in [6.45, 7) is 2.13. The van der Waals surface area contributed by atoms with Gasteiger partial charge in [-0.1, -0.05) is 23.9 Å². The monoisotopic (exact) mass is 274 g/mol. The van der Waals surface area contributed by atoms with Crippen LogP contribution >= 0.6 is 11.8 Å². The molecule has 1 heterocycles. The Labute approximate surface area is 118 Å². The van der Waals surface area contributed by atoms with Gasteiger partial charge >= 0.3 is 0 Å². The molecule has 4 heteroatoms. The van der Waals surface area contributed by atoms with E-state index < -0.39 is 0 Å². The van der Waals surface area contributed by atoms with E-state index in [2.05, 4.69) is 29.4 Å². The van der Waals surface area contributed by atoms with Crippen molar-refractivity contribution in [3.05, 3.63) is 48.2 Å². The second-order valence-corrected chi connectivity index (χ2v) is 5.25. The molecule has 2 rings (SSSR count). The Morgan fingerprint density at radius 3 is 2.84 bits per heavy atom. The second kappa shape index (κ2) is 6.59. The van der Waals surface area contributed by atoms with E-state index in [0.29, 0.717) is 0 Å². The van der Waals surface area contributed by atoms with Crippen molar-refractivity contribution < 1.29 is 4.74 Å². The maximum Gasteiger partial charge on any atom is 0.119 e. The molecule has 0 radical (unpaired) electrons. The molecule has 0 fully saturated rings. The second-order valence-electron chi connectivity index (χ2n) is 4.19. The lowest BCUT2D eigenvalue weighted by Gasteiger charge is -2.14. The highest BCUT2D eigenvalue weighted by Crippen LogP contribution is 2.32. The summed E-state index contributed by atoms with van der Waals surface area (Å²) in [6.07, 6.45) is 1.83. The smallest absolute Gasteiger partial charge is 0.119 e. The van der Waals surface area contributed by atoms with Crippen LogP contribution in [-0.2, 0) is 0 Å². The van der Waals surface area contributed by atoms with Gasteiger partial charge in [0.2, 0.25) is 0 Å². The topological polar surface area (TPSA) is 34.2 Å². The molecule has 19 heavy (non-hydrogen) atoms. The van der Waals surface area contributed by atoms with Gasteiger partial charge in [0.1, 0.15) is 10.8 Å². The van der Waals surface area contributed by atoms with Crippen LogP contribution in [0.4, 0.5) is 0 Å². The molecule has 1 N–H and O–H groups in total. The fourth-order valence-corrected chi connectivity index (χ4v) is 2.77. The van der Waals surface area contributed by atoms with Gasteiger partial charge in [-0.3, -0.25) is 0 Å². The lowest BCUT2D eigenvalue weighted by Crippen LogP contribution is -2.13. The molecule has 2 aromatic rings. The molecule has 1 aromatic carbocycles. The minimum Gasteiger partial charge on any atom is -0.497 e. The summed E-state index contributed by atoms with van der Waals surface area (Å²) in [5, 5.41) is 4.28. The SMILES string of the molecule is CNC(C)c1cccnc1Sc1cccc(OC)c1. The molecule has 1 atom stereocenters. The summed E-state index contributed by atoms with van der Waals surface area (Å²) in [4.78, 5) is 5.61. The van der Waals surface area contributed by atoms with E-state index in [1.165, 1.54) is 5.56 Å². The Bertz CT molecular complexity index is 545. The molecule has 0 saturated carbocycles. The number of methoxy groups -OCH3 is 1. The van der Waals surface area contributed by atoms with E-state index in [1.807, 2.05) is 37.5 Å². The molecule has 0 aliphatic rings. The minimum absolute atomic E-state index is 0.279. The lowest BCUT2D eigenvalue weighted by molar-refractivity contribution is 0.413. The molecule has 1 unspecified atom stereocenters. The largest absolute Gasteiger partial charge is 0.497 e. The van der Waals surface area contributed by atoms with Crippen molar-refractivity contribution in [1.82, 2.24) is 10.3 Å². The van der Waals surface area contributed by atoms with Crippen LogP contribution < -0.4 is 10.1 Å². The molecular formula is C15H18N2OS. The van der Waals surface area contributed by atoms with Crippen LogP contribution in [0.15, 0.2) is 52.5 Å². The third kappa shape index (κ3) is 3.49. The van der Waals surface area contributed by atoms with Gasteiger partial charge in [0, 0.05) is 22.7 Å². The number of nitrogens with one attached hydrogen (secondary N) is 1. The van der Waals surface area contributed by atoms with Crippen LogP contribution in [0, 0.1) is 0 Å². The third-order valence-electron chi connectivity index (χ3n) is 2.96. The highest BCUT2D eigenvalue weighted by Gasteiger charge is 2.11. The quantitative estimate of drug-likeness (QED) is 0.904. The third-order valence-corrected chi connectivity index (χ3v) is 3.98. The Kier molecular flexibility index (Phi) is 4.82. The fraction of sp³-hybridized carbons (Fsp3) is 0.267. The first-order valence-electron chi connectivity index (χ1n) is 6.18. The van der Waals surface area contributed by atoms with Crippen molar-refractivity contribution in [2.45, 2.75) is 22.9 Å². The summed E-state index contributed by atoms with van der Waals surface area (Å²) in [7, 11) is 3.64. The molecule has 0 spiro atoms. The number of benzene rings is 1. The van der Waals surface area contributed by atoms with Crippen LogP contribution in [0.25, 0.3) is 0 Å². The van der Waals surface area contributed by atoms with Gasteiger partial charge in [-0.05, 0) is 38.2 Å². The molecule has 1 aromatic heterocycles. The van der Waals surface area contributed by atoms with Gasteiger partial charge < -0.3 is 10.1 Å². The molecule has 100 valence electrons. The standard InChI is InChI=1S/C15H18N2OS/c1-11(16-2)14-8-5-9-17-15(14)19-13-7-4-6-12(10-13)18-3/h4-11,16H,1-3H3. The maximum absolute atomic E-state index is 5.25. The van der Waals surface area contributed by atoms with Crippen LogP contribution in [0.3, 0.4) is 0 Å². The zero-order valence-electron chi connectivity index (χ0n) is 11.4. The summed E-state index contributed by atoms with van der Waals surface area (Å²) >= 11 is 1.66. The number of ether oxygens (including phenoxy) is 1. The minimum atomic E-state index is 0.279. The van der Waals surface area contributed by atoms with Crippen molar-refractivity contribution in [3.63, 3.8) is 0 Å². The summed E-state index contributed by atoms with van der Waals surface area (Å²) in [6, 6.07) is 12.4. The van der Waals surface area contributed by atoms with Crippen molar-refractivity contribution in [2.75, 3.05) is 14.2 Å². The van der Waals surface area contributed by atoms with Gasteiger partial charge in [-0.15, -0.1) is 0 Å². The number of aromatic nitrogens is 1. The number of rotatable bonds is 5. The molecular weight excluding hydrogens is 256 g/mol. The number of nitrogens with zero attached hydrogens (tertiary/aromatic N) is 1. The Morgan fingerprint density at radius 1 is 1.26 bits per heavy atom. The van der Waals surface area contributed by atoms with Crippen LogP contribution in [0.5, 0.6) is 5.75 Å². The fourth-order valence-electron chi connectivity index (χ4n) is 1.75. The van der Waals surface area contributed by atoms with E-state index in [9.17, 15) is 0 Å². The van der Waals surface area contributed by atoms with E-state index in [1.54, 1.807) is 18.9 Å². The van der Waals surface area contributed by atoms with Crippen molar-refractivity contribution in [3.8, 4) is 5.75 Å². The van der Waals surface area contributed by atoms with Gasteiger partial charge in [-0.25, -0.2) is 4.98 Å². The zero-order valence-corrected chi connectivity index (χ0v) is 12.2. The van der Waals surface area contributed by atoms with Crippen LogP contribution in [0.1, 0.15) is 18.5 Å². The molecule has 0 aliphatic heterocycles. The molecule has 3 nitrogen and oxygen atoms in total. The van der Waals surface area contributed by atoms with E-state index in [4.69, 9.17) is 4.74 Å². The van der Waals surface area contributed by atoms with E-state index >= 15 is 0 Å². The summed E-state index contributed by atoms with van der Waals surface area (Å²) in [5.41, 5.74) is 1.21.